The molecule has 0 heterocycles. The quantitative estimate of drug-likeness (QED) is 0.438. The lowest BCUT2D eigenvalue weighted by molar-refractivity contribution is -0.150. The molecule has 2 aromatic rings. The molecule has 0 fully saturated rings. The largest absolute Gasteiger partial charge is 0.493 e. The fraction of sp³-hybridized carbons (Fsp3) is 0.409. The second-order valence-electron chi connectivity index (χ2n) is 6.14. The summed E-state index contributed by atoms with van der Waals surface area (Å²) in [6.07, 6.45) is 1.10. The summed E-state index contributed by atoms with van der Waals surface area (Å²) in [6, 6.07) is 15.9. The maximum atomic E-state index is 11.7. The van der Waals surface area contributed by atoms with Crippen molar-refractivity contribution in [1.82, 2.24) is 0 Å². The second kappa shape index (κ2) is 11.2. The predicted molar refractivity (Wildman–Crippen MR) is 104 cm³/mol. The molecule has 1 atom stereocenters. The van der Waals surface area contributed by atoms with Crippen LogP contribution in [0.4, 0.5) is 0 Å². The first-order valence-electron chi connectivity index (χ1n) is 9.26. The third kappa shape index (κ3) is 6.94. The zero-order chi connectivity index (χ0) is 19.5. The third-order valence-electron chi connectivity index (χ3n) is 4.02. The van der Waals surface area contributed by atoms with Crippen LogP contribution in [0, 0.1) is 0 Å². The highest BCUT2D eigenvalue weighted by atomic mass is 16.6. The van der Waals surface area contributed by atoms with Gasteiger partial charge in [-0.1, -0.05) is 36.4 Å². The topological polar surface area (TPSA) is 54.0 Å². The maximum Gasteiger partial charge on any atom is 0.347 e. The molecule has 0 radical (unpaired) electrons. The van der Waals surface area contributed by atoms with Crippen molar-refractivity contribution in [2.24, 2.45) is 0 Å². The molecule has 0 amide bonds. The Morgan fingerprint density at radius 3 is 2.52 bits per heavy atom. The van der Waals surface area contributed by atoms with Gasteiger partial charge in [0.1, 0.15) is 0 Å². The van der Waals surface area contributed by atoms with Crippen molar-refractivity contribution in [3.05, 3.63) is 59.7 Å². The standard InChI is InChI=1S/C22H28O5/c1-4-26-22(23)17(2)27-20-13-12-18(15-21(20)24-3)11-8-14-25-16-19-9-6-5-7-10-19/h5-7,9-10,12-13,15,17H,4,8,11,14,16H2,1-3H3/t17-/m1/s1. The zero-order valence-electron chi connectivity index (χ0n) is 16.3. The summed E-state index contributed by atoms with van der Waals surface area (Å²) in [5.41, 5.74) is 2.31. The number of carbonyl (C=O) groups is 1. The van der Waals surface area contributed by atoms with Crippen LogP contribution < -0.4 is 9.47 Å². The minimum absolute atomic E-state index is 0.328. The predicted octanol–water partition coefficient (Wildman–Crippen LogP) is 4.18. The van der Waals surface area contributed by atoms with E-state index in [0.29, 0.717) is 31.3 Å². The fourth-order valence-corrected chi connectivity index (χ4v) is 2.61. The van der Waals surface area contributed by atoms with Crippen molar-refractivity contribution >= 4 is 5.97 Å². The Labute approximate surface area is 161 Å². The van der Waals surface area contributed by atoms with Crippen molar-refractivity contribution in [1.29, 1.82) is 0 Å². The molecule has 0 saturated carbocycles. The smallest absolute Gasteiger partial charge is 0.347 e. The van der Waals surface area contributed by atoms with Crippen molar-refractivity contribution in [2.45, 2.75) is 39.4 Å². The molecule has 0 aliphatic carbocycles. The molecule has 146 valence electrons. The summed E-state index contributed by atoms with van der Waals surface area (Å²) in [5.74, 6) is 0.746. The summed E-state index contributed by atoms with van der Waals surface area (Å²) in [7, 11) is 1.59. The second-order valence-corrected chi connectivity index (χ2v) is 6.14. The van der Waals surface area contributed by atoms with E-state index in [1.165, 1.54) is 5.56 Å². The van der Waals surface area contributed by atoms with Crippen molar-refractivity contribution in [2.75, 3.05) is 20.3 Å². The van der Waals surface area contributed by atoms with Gasteiger partial charge in [-0.15, -0.1) is 0 Å². The molecule has 0 N–H and O–H groups in total. The molecule has 0 bridgehead atoms. The lowest BCUT2D eigenvalue weighted by atomic mass is 10.1. The SMILES string of the molecule is CCOC(=O)[C@@H](C)Oc1ccc(CCCOCc2ccccc2)cc1OC. The fourth-order valence-electron chi connectivity index (χ4n) is 2.61. The number of aryl methyl sites for hydroxylation is 1. The Morgan fingerprint density at radius 2 is 1.81 bits per heavy atom. The van der Waals surface area contributed by atoms with Gasteiger partial charge in [-0.2, -0.15) is 0 Å². The number of esters is 1. The zero-order valence-corrected chi connectivity index (χ0v) is 16.3. The van der Waals surface area contributed by atoms with Crippen molar-refractivity contribution < 1.29 is 23.7 Å². The summed E-state index contributed by atoms with van der Waals surface area (Å²) in [4.78, 5) is 11.7. The van der Waals surface area contributed by atoms with Crippen LogP contribution >= 0.6 is 0 Å². The number of benzene rings is 2. The first-order valence-corrected chi connectivity index (χ1v) is 9.26. The van der Waals surface area contributed by atoms with Gasteiger partial charge in [-0.25, -0.2) is 4.79 Å². The molecule has 0 aliphatic rings. The monoisotopic (exact) mass is 372 g/mol. The molecule has 27 heavy (non-hydrogen) atoms. The Bertz CT molecular complexity index is 699. The maximum absolute atomic E-state index is 11.7. The molecular weight excluding hydrogens is 344 g/mol. The lowest BCUT2D eigenvalue weighted by Gasteiger charge is -2.16. The van der Waals surface area contributed by atoms with E-state index in [2.05, 4.69) is 12.1 Å². The minimum Gasteiger partial charge on any atom is -0.493 e. The summed E-state index contributed by atoms with van der Waals surface area (Å²) < 4.78 is 21.8. The molecule has 2 aromatic carbocycles. The highest BCUT2D eigenvalue weighted by Gasteiger charge is 2.18. The average molecular weight is 372 g/mol. The first-order chi connectivity index (χ1) is 13.1. The van der Waals surface area contributed by atoms with E-state index < -0.39 is 6.10 Å². The van der Waals surface area contributed by atoms with Crippen LogP contribution in [-0.2, 0) is 27.3 Å². The Kier molecular flexibility index (Phi) is 8.65. The van der Waals surface area contributed by atoms with Crippen LogP contribution in [0.15, 0.2) is 48.5 Å². The number of hydrogen-bond donors (Lipinski definition) is 0. The summed E-state index contributed by atoms with van der Waals surface area (Å²) >= 11 is 0. The highest BCUT2D eigenvalue weighted by Crippen LogP contribution is 2.29. The van der Waals surface area contributed by atoms with Gasteiger partial charge >= 0.3 is 5.97 Å². The van der Waals surface area contributed by atoms with E-state index in [1.54, 1.807) is 21.0 Å². The number of hydrogen-bond acceptors (Lipinski definition) is 5. The average Bonchev–Trinajstić information content (AvgIpc) is 2.69. The van der Waals surface area contributed by atoms with Crippen LogP contribution in [0.3, 0.4) is 0 Å². The number of ether oxygens (including phenoxy) is 4. The molecule has 5 nitrogen and oxygen atoms in total. The van der Waals surface area contributed by atoms with Gasteiger partial charge in [0, 0.05) is 6.61 Å². The molecule has 0 unspecified atom stereocenters. The minimum atomic E-state index is -0.684. The normalized spacial score (nSPS) is 11.7. The lowest BCUT2D eigenvalue weighted by Crippen LogP contribution is -2.26. The van der Waals surface area contributed by atoms with E-state index in [1.807, 2.05) is 36.4 Å². The van der Waals surface area contributed by atoms with E-state index in [9.17, 15) is 4.79 Å². The third-order valence-corrected chi connectivity index (χ3v) is 4.02. The van der Waals surface area contributed by atoms with Crippen LogP contribution in [0.2, 0.25) is 0 Å². The van der Waals surface area contributed by atoms with E-state index >= 15 is 0 Å². The molecule has 0 aromatic heterocycles. The van der Waals surface area contributed by atoms with E-state index in [-0.39, 0.29) is 5.97 Å². The molecule has 5 heteroatoms. The van der Waals surface area contributed by atoms with Gasteiger partial charge in [0.2, 0.25) is 0 Å². The molecule has 2 rings (SSSR count). The number of methoxy groups -OCH3 is 1. The molecule has 0 spiro atoms. The molecule has 0 saturated heterocycles. The first kappa shape index (κ1) is 20.8. The van der Waals surface area contributed by atoms with Crippen molar-refractivity contribution in [3.8, 4) is 11.5 Å². The van der Waals surface area contributed by atoms with Crippen LogP contribution in [0.25, 0.3) is 0 Å². The Hall–Kier alpha value is -2.53. The van der Waals surface area contributed by atoms with Gasteiger partial charge in [-0.05, 0) is 49.9 Å². The van der Waals surface area contributed by atoms with Crippen LogP contribution in [0.5, 0.6) is 11.5 Å². The van der Waals surface area contributed by atoms with Gasteiger partial charge < -0.3 is 18.9 Å². The van der Waals surface area contributed by atoms with Crippen molar-refractivity contribution in [3.63, 3.8) is 0 Å². The van der Waals surface area contributed by atoms with E-state index in [0.717, 1.165) is 18.4 Å². The Morgan fingerprint density at radius 1 is 1.04 bits per heavy atom. The van der Waals surface area contributed by atoms with Crippen LogP contribution in [-0.4, -0.2) is 32.4 Å². The van der Waals surface area contributed by atoms with Gasteiger partial charge in [-0.3, -0.25) is 0 Å². The highest BCUT2D eigenvalue weighted by molar-refractivity contribution is 5.74. The number of carbonyl (C=O) groups excluding carboxylic acids is 1. The van der Waals surface area contributed by atoms with Crippen LogP contribution in [0.1, 0.15) is 31.4 Å². The summed E-state index contributed by atoms with van der Waals surface area (Å²) in [5, 5.41) is 0. The Balaban J connectivity index is 1.81. The van der Waals surface area contributed by atoms with Gasteiger partial charge in [0.15, 0.2) is 17.6 Å². The number of rotatable bonds is 11. The molecular formula is C22H28O5. The van der Waals surface area contributed by atoms with Gasteiger partial charge in [0.25, 0.3) is 0 Å². The molecule has 0 aliphatic heterocycles. The summed E-state index contributed by atoms with van der Waals surface area (Å²) in [6.45, 7) is 5.08. The van der Waals surface area contributed by atoms with Gasteiger partial charge in [0.05, 0.1) is 20.3 Å². The van der Waals surface area contributed by atoms with E-state index in [4.69, 9.17) is 18.9 Å².